The first-order chi connectivity index (χ1) is 28.7. The lowest BCUT2D eigenvalue weighted by atomic mass is 9.49. The number of para-hydroxylation sites is 4. The molecular weight excluding hydrogens is 707 g/mol. The fourth-order valence-electron chi connectivity index (χ4n) is 15.2. The second kappa shape index (κ2) is 12.1. The summed E-state index contributed by atoms with van der Waals surface area (Å²) in [5, 5.41) is 4.90. The normalized spacial score (nSPS) is 30.8. The molecule has 3 aromatic heterocycles. The summed E-state index contributed by atoms with van der Waals surface area (Å²) in [6, 6.07) is 42.7. The summed E-state index contributed by atoms with van der Waals surface area (Å²) < 4.78 is 4.64. The molecule has 3 heterocycles. The molecule has 5 aromatic carbocycles. The second-order valence-electron chi connectivity index (χ2n) is 19.7. The molecule has 0 saturated heterocycles. The summed E-state index contributed by atoms with van der Waals surface area (Å²) in [6.07, 6.45) is 14.1. The zero-order valence-electron chi connectivity index (χ0n) is 33.1. The average molecular weight is 756 g/mol. The predicted molar refractivity (Wildman–Crippen MR) is 234 cm³/mol. The number of rotatable bonds is 5. The van der Waals surface area contributed by atoms with Gasteiger partial charge in [-0.05, 0) is 159 Å². The molecule has 16 rings (SSSR count). The van der Waals surface area contributed by atoms with Crippen LogP contribution in [0.5, 0.6) is 0 Å². The van der Waals surface area contributed by atoms with Gasteiger partial charge in [0.25, 0.3) is 0 Å². The lowest BCUT2D eigenvalue weighted by molar-refractivity contribution is -0.00465. The minimum atomic E-state index is 0.574. The van der Waals surface area contributed by atoms with Gasteiger partial charge in [-0.2, -0.15) is 15.0 Å². The van der Waals surface area contributed by atoms with Crippen LogP contribution in [-0.4, -0.2) is 24.1 Å². The lowest BCUT2D eigenvalue weighted by Crippen LogP contribution is -2.45. The Labute approximate surface area is 339 Å². The Hall–Kier alpha value is -5.29. The Morgan fingerprint density at radius 2 is 0.672 bits per heavy atom. The zero-order chi connectivity index (χ0) is 37.6. The monoisotopic (exact) mass is 755 g/mol. The van der Waals surface area contributed by atoms with E-state index in [1.165, 1.54) is 91.3 Å². The van der Waals surface area contributed by atoms with Gasteiger partial charge in [0.15, 0.2) is 5.82 Å². The quantitative estimate of drug-likeness (QED) is 0.176. The molecule has 0 atom stereocenters. The Kier molecular flexibility index (Phi) is 6.83. The second-order valence-corrected chi connectivity index (χ2v) is 19.7. The molecule has 8 bridgehead atoms. The smallest absolute Gasteiger partial charge is 0.240 e. The zero-order valence-corrected chi connectivity index (χ0v) is 33.1. The van der Waals surface area contributed by atoms with Crippen LogP contribution in [0.3, 0.4) is 0 Å². The van der Waals surface area contributed by atoms with Gasteiger partial charge >= 0.3 is 0 Å². The third kappa shape index (κ3) is 4.62. The van der Waals surface area contributed by atoms with Crippen LogP contribution in [0.2, 0.25) is 0 Å². The minimum Gasteiger partial charge on any atom is -0.278 e. The van der Waals surface area contributed by atoms with E-state index in [1.54, 1.807) is 11.1 Å². The molecule has 8 aliphatic rings. The van der Waals surface area contributed by atoms with Crippen LogP contribution in [0, 0.1) is 47.3 Å². The van der Waals surface area contributed by atoms with Gasteiger partial charge in [0.05, 0.1) is 22.1 Å². The molecule has 0 radical (unpaired) electrons. The minimum absolute atomic E-state index is 0.574. The van der Waals surface area contributed by atoms with Gasteiger partial charge in [-0.15, -0.1) is 0 Å². The molecule has 0 spiro atoms. The van der Waals surface area contributed by atoms with Crippen molar-refractivity contribution in [3.63, 3.8) is 0 Å². The van der Waals surface area contributed by atoms with E-state index in [2.05, 4.69) is 124 Å². The molecule has 58 heavy (non-hydrogen) atoms. The van der Waals surface area contributed by atoms with Crippen LogP contribution < -0.4 is 0 Å². The van der Waals surface area contributed by atoms with Crippen molar-refractivity contribution in [2.24, 2.45) is 47.3 Å². The Morgan fingerprint density at radius 3 is 1.02 bits per heavy atom. The Bertz CT molecular complexity index is 2610. The standard InChI is InChI=1S/C53H49N5/c1-5-16-44-38(10-1)39-11-2-6-17-45(39)57(44)52-54-51(55-53(56-52)58-46-18-7-3-12-40(46)41-13-4-8-19-47(41)58)50-42(48-34-22-30-20-31(24-34)25-35(48)23-30)14-9-15-43(50)49-36-26-32-21-33(28-36)29-37(49)27-32/h1-19,30-37,48-49H,20-29H2. The fraction of sp³-hybridized carbons (Fsp3) is 0.377. The van der Waals surface area contributed by atoms with Gasteiger partial charge < -0.3 is 0 Å². The largest absolute Gasteiger partial charge is 0.278 e. The van der Waals surface area contributed by atoms with Gasteiger partial charge in [-0.3, -0.25) is 9.13 Å². The molecule has 8 aliphatic carbocycles. The molecule has 0 aliphatic heterocycles. The van der Waals surface area contributed by atoms with Crippen molar-refractivity contribution in [1.82, 2.24) is 24.1 Å². The third-order valence-electron chi connectivity index (χ3n) is 16.7. The van der Waals surface area contributed by atoms with E-state index in [9.17, 15) is 0 Å². The molecule has 8 fully saturated rings. The predicted octanol–water partition coefficient (Wildman–Crippen LogP) is 12.8. The number of hydrogen-bond donors (Lipinski definition) is 0. The van der Waals surface area contributed by atoms with Crippen LogP contribution in [-0.2, 0) is 0 Å². The maximum absolute atomic E-state index is 5.79. The molecule has 5 heteroatoms. The van der Waals surface area contributed by atoms with Crippen LogP contribution in [0.1, 0.15) is 87.2 Å². The Balaban J connectivity index is 1.08. The molecule has 286 valence electrons. The summed E-state index contributed by atoms with van der Waals surface area (Å²) in [7, 11) is 0. The highest BCUT2D eigenvalue weighted by Crippen LogP contribution is 2.64. The van der Waals surface area contributed by atoms with Gasteiger partial charge in [0.1, 0.15) is 0 Å². The molecule has 0 N–H and O–H groups in total. The first-order valence-corrected chi connectivity index (χ1v) is 22.6. The molecule has 5 nitrogen and oxygen atoms in total. The van der Waals surface area contributed by atoms with Crippen molar-refractivity contribution < 1.29 is 0 Å². The van der Waals surface area contributed by atoms with E-state index in [0.717, 1.165) is 75.2 Å². The lowest BCUT2D eigenvalue weighted by Gasteiger charge is -2.56. The average Bonchev–Trinajstić information content (AvgIpc) is 3.76. The van der Waals surface area contributed by atoms with Crippen LogP contribution in [0.4, 0.5) is 0 Å². The molecular formula is C53H49N5. The fourth-order valence-corrected chi connectivity index (χ4v) is 15.2. The van der Waals surface area contributed by atoms with Crippen LogP contribution in [0.25, 0.3) is 66.9 Å². The molecule has 0 amide bonds. The van der Waals surface area contributed by atoms with Crippen molar-refractivity contribution in [3.05, 3.63) is 126 Å². The first kappa shape index (κ1) is 32.6. The van der Waals surface area contributed by atoms with E-state index in [-0.39, 0.29) is 0 Å². The maximum Gasteiger partial charge on any atom is 0.240 e. The summed E-state index contributed by atoms with van der Waals surface area (Å²) in [5.74, 6) is 10.2. The van der Waals surface area contributed by atoms with Crippen molar-refractivity contribution >= 4 is 43.6 Å². The highest BCUT2D eigenvalue weighted by atomic mass is 15.3. The number of fused-ring (bicyclic) bond motifs is 6. The van der Waals surface area contributed by atoms with E-state index in [4.69, 9.17) is 15.0 Å². The molecule has 0 unspecified atom stereocenters. The van der Waals surface area contributed by atoms with Crippen LogP contribution in [0.15, 0.2) is 115 Å². The maximum atomic E-state index is 5.79. The SMILES string of the molecule is c1cc(C2C3CC4CC(C3)CC2C4)c(-c2nc(-n3c4ccccc4c4ccccc43)nc(-n3c4ccccc4c4ccccc43)n2)c(C2C3CC4CC(C3)CC2C4)c1. The summed E-state index contributed by atoms with van der Waals surface area (Å²) in [6.45, 7) is 0. The van der Waals surface area contributed by atoms with Gasteiger partial charge in [0, 0.05) is 27.1 Å². The highest BCUT2D eigenvalue weighted by Gasteiger charge is 2.52. The van der Waals surface area contributed by atoms with E-state index in [0.29, 0.717) is 23.7 Å². The summed E-state index contributed by atoms with van der Waals surface area (Å²) >= 11 is 0. The number of hydrogen-bond acceptors (Lipinski definition) is 3. The number of nitrogens with zero attached hydrogens (tertiary/aromatic N) is 5. The van der Waals surface area contributed by atoms with E-state index in [1.807, 2.05) is 0 Å². The van der Waals surface area contributed by atoms with Crippen molar-refractivity contribution in [3.8, 4) is 23.3 Å². The molecule has 8 saturated carbocycles. The van der Waals surface area contributed by atoms with Crippen molar-refractivity contribution in [2.75, 3.05) is 0 Å². The highest BCUT2D eigenvalue weighted by molar-refractivity contribution is 6.10. The first-order valence-electron chi connectivity index (χ1n) is 22.6. The van der Waals surface area contributed by atoms with E-state index < -0.39 is 0 Å². The summed E-state index contributed by atoms with van der Waals surface area (Å²) in [4.78, 5) is 17.2. The van der Waals surface area contributed by atoms with Gasteiger partial charge in [-0.25, -0.2) is 0 Å². The van der Waals surface area contributed by atoms with E-state index >= 15 is 0 Å². The topological polar surface area (TPSA) is 48.5 Å². The van der Waals surface area contributed by atoms with Gasteiger partial charge in [-0.1, -0.05) is 91.0 Å². The number of aromatic nitrogens is 5. The number of benzene rings is 5. The molecule has 8 aromatic rings. The third-order valence-corrected chi connectivity index (χ3v) is 16.7. The van der Waals surface area contributed by atoms with Crippen LogP contribution >= 0.6 is 0 Å². The van der Waals surface area contributed by atoms with Gasteiger partial charge in [0.2, 0.25) is 11.9 Å². The van der Waals surface area contributed by atoms with Crippen molar-refractivity contribution in [2.45, 2.75) is 76.0 Å². The van der Waals surface area contributed by atoms with Crippen molar-refractivity contribution in [1.29, 1.82) is 0 Å². The summed E-state index contributed by atoms with van der Waals surface area (Å²) in [5.41, 5.74) is 8.98. The Morgan fingerprint density at radius 1 is 0.345 bits per heavy atom.